The molecule has 0 N–H and O–H groups in total. The number of amides is 1. The zero-order chi connectivity index (χ0) is 19.2. The van der Waals surface area contributed by atoms with E-state index in [1.165, 1.54) is 0 Å². The van der Waals surface area contributed by atoms with Gasteiger partial charge in [0.05, 0.1) is 18.2 Å². The van der Waals surface area contributed by atoms with E-state index >= 15 is 0 Å². The molecule has 2 heterocycles. The van der Waals surface area contributed by atoms with Crippen LogP contribution in [-0.4, -0.2) is 48.1 Å². The van der Waals surface area contributed by atoms with Crippen LogP contribution >= 0.6 is 0 Å². The average Bonchev–Trinajstić information content (AvgIpc) is 3.17. The quantitative estimate of drug-likeness (QED) is 0.788. The van der Waals surface area contributed by atoms with Crippen LogP contribution in [0, 0.1) is 11.3 Å². The molecular formula is C21H24N4O2. The SMILES string of the molecule is CCN(CC)c1ccc(C(=O)N2CCC(Oc3cc(C#N)ccn3)C2)cc1. The summed E-state index contributed by atoms with van der Waals surface area (Å²) in [5.41, 5.74) is 2.33. The van der Waals surface area contributed by atoms with Gasteiger partial charge in [-0.25, -0.2) is 4.98 Å². The van der Waals surface area contributed by atoms with Crippen molar-refractivity contribution in [1.82, 2.24) is 9.88 Å². The molecule has 0 radical (unpaired) electrons. The van der Waals surface area contributed by atoms with Crippen LogP contribution in [0.3, 0.4) is 0 Å². The van der Waals surface area contributed by atoms with Crippen molar-refractivity contribution in [3.8, 4) is 11.9 Å². The smallest absolute Gasteiger partial charge is 0.253 e. The Hall–Kier alpha value is -3.07. The molecule has 0 saturated carbocycles. The molecule has 6 nitrogen and oxygen atoms in total. The summed E-state index contributed by atoms with van der Waals surface area (Å²) in [6, 6.07) is 13.1. The molecular weight excluding hydrogens is 340 g/mol. The van der Waals surface area contributed by atoms with E-state index in [2.05, 4.69) is 29.8 Å². The monoisotopic (exact) mass is 364 g/mol. The minimum absolute atomic E-state index is 0.0194. The van der Waals surface area contributed by atoms with Gasteiger partial charge >= 0.3 is 0 Å². The zero-order valence-corrected chi connectivity index (χ0v) is 15.8. The van der Waals surface area contributed by atoms with Gasteiger partial charge in [-0.3, -0.25) is 4.79 Å². The van der Waals surface area contributed by atoms with Crippen LogP contribution in [0.25, 0.3) is 0 Å². The first-order valence-electron chi connectivity index (χ1n) is 9.31. The largest absolute Gasteiger partial charge is 0.472 e. The van der Waals surface area contributed by atoms with Crippen molar-refractivity contribution in [1.29, 1.82) is 5.26 Å². The number of hydrogen-bond acceptors (Lipinski definition) is 5. The first-order chi connectivity index (χ1) is 13.1. The summed E-state index contributed by atoms with van der Waals surface area (Å²) in [4.78, 5) is 21.0. The van der Waals surface area contributed by atoms with Crippen molar-refractivity contribution in [2.24, 2.45) is 0 Å². The Bertz CT molecular complexity index is 825. The summed E-state index contributed by atoms with van der Waals surface area (Å²) in [6.45, 7) is 7.29. The lowest BCUT2D eigenvalue weighted by Gasteiger charge is -2.22. The lowest BCUT2D eigenvalue weighted by molar-refractivity contribution is 0.0771. The normalized spacial score (nSPS) is 16.0. The number of nitriles is 1. The highest BCUT2D eigenvalue weighted by Crippen LogP contribution is 2.21. The fraction of sp³-hybridized carbons (Fsp3) is 0.381. The number of benzene rings is 1. The Morgan fingerprint density at radius 2 is 2.04 bits per heavy atom. The van der Waals surface area contributed by atoms with Gasteiger partial charge in [0.25, 0.3) is 5.91 Å². The molecule has 1 saturated heterocycles. The van der Waals surface area contributed by atoms with E-state index in [9.17, 15) is 4.79 Å². The number of rotatable bonds is 6. The number of ether oxygens (including phenoxy) is 1. The number of anilines is 1. The van der Waals surface area contributed by atoms with Crippen LogP contribution in [0.5, 0.6) is 5.88 Å². The second-order valence-corrected chi connectivity index (χ2v) is 6.49. The molecule has 140 valence electrons. The van der Waals surface area contributed by atoms with Gasteiger partial charge in [0.1, 0.15) is 6.10 Å². The molecule has 1 aliphatic rings. The molecule has 2 aromatic rings. The number of carbonyl (C=O) groups excluding carboxylic acids is 1. The Morgan fingerprint density at radius 3 is 2.70 bits per heavy atom. The van der Waals surface area contributed by atoms with Gasteiger partial charge in [0.15, 0.2) is 0 Å². The summed E-state index contributed by atoms with van der Waals surface area (Å²) in [6.07, 6.45) is 2.20. The van der Waals surface area contributed by atoms with Crippen molar-refractivity contribution >= 4 is 11.6 Å². The maximum Gasteiger partial charge on any atom is 0.253 e. The Balaban J connectivity index is 1.61. The zero-order valence-electron chi connectivity index (χ0n) is 15.8. The third-order valence-electron chi connectivity index (χ3n) is 4.83. The summed E-state index contributed by atoms with van der Waals surface area (Å²) in [5, 5.41) is 8.96. The highest BCUT2D eigenvalue weighted by molar-refractivity contribution is 5.94. The van der Waals surface area contributed by atoms with Crippen LogP contribution in [0.2, 0.25) is 0 Å². The molecule has 0 aliphatic carbocycles. The highest BCUT2D eigenvalue weighted by atomic mass is 16.5. The fourth-order valence-corrected chi connectivity index (χ4v) is 3.31. The van der Waals surface area contributed by atoms with Crippen molar-refractivity contribution < 1.29 is 9.53 Å². The second kappa shape index (κ2) is 8.54. The van der Waals surface area contributed by atoms with Gasteiger partial charge in [-0.15, -0.1) is 0 Å². The fourth-order valence-electron chi connectivity index (χ4n) is 3.31. The number of carbonyl (C=O) groups is 1. The molecule has 27 heavy (non-hydrogen) atoms. The van der Waals surface area contributed by atoms with Gasteiger partial charge < -0.3 is 14.5 Å². The number of likely N-dealkylation sites (tertiary alicyclic amines) is 1. The molecule has 1 aliphatic heterocycles. The van der Waals surface area contributed by atoms with Gasteiger partial charge in [0.2, 0.25) is 5.88 Å². The van der Waals surface area contributed by atoms with Crippen molar-refractivity contribution in [2.75, 3.05) is 31.1 Å². The van der Waals surface area contributed by atoms with Crippen LogP contribution in [0.4, 0.5) is 5.69 Å². The summed E-state index contributed by atoms with van der Waals surface area (Å²) < 4.78 is 5.85. The van der Waals surface area contributed by atoms with Crippen molar-refractivity contribution in [3.05, 3.63) is 53.7 Å². The van der Waals surface area contributed by atoms with E-state index in [1.807, 2.05) is 29.2 Å². The first-order valence-corrected chi connectivity index (χ1v) is 9.31. The average molecular weight is 364 g/mol. The highest BCUT2D eigenvalue weighted by Gasteiger charge is 2.28. The lowest BCUT2D eigenvalue weighted by atomic mass is 10.1. The molecule has 1 amide bonds. The third-order valence-corrected chi connectivity index (χ3v) is 4.83. The number of hydrogen-bond donors (Lipinski definition) is 0. The molecule has 0 spiro atoms. The summed E-state index contributed by atoms with van der Waals surface area (Å²) >= 11 is 0. The Labute approximate surface area is 160 Å². The molecule has 1 atom stereocenters. The molecule has 1 unspecified atom stereocenters. The van der Waals surface area contributed by atoms with Crippen LogP contribution in [0.1, 0.15) is 36.2 Å². The van der Waals surface area contributed by atoms with E-state index in [1.54, 1.807) is 18.3 Å². The van der Waals surface area contributed by atoms with Crippen molar-refractivity contribution in [3.63, 3.8) is 0 Å². The summed E-state index contributed by atoms with van der Waals surface area (Å²) in [7, 11) is 0. The number of pyridine rings is 1. The van der Waals surface area contributed by atoms with Gasteiger partial charge in [0, 0.05) is 49.6 Å². The summed E-state index contributed by atoms with van der Waals surface area (Å²) in [5.74, 6) is 0.447. The predicted octanol–water partition coefficient (Wildman–Crippen LogP) is 3.09. The predicted molar refractivity (Wildman–Crippen MR) is 104 cm³/mol. The third kappa shape index (κ3) is 4.37. The van der Waals surface area contributed by atoms with Crippen molar-refractivity contribution in [2.45, 2.75) is 26.4 Å². The maximum atomic E-state index is 12.8. The minimum atomic E-state index is -0.106. The second-order valence-electron chi connectivity index (χ2n) is 6.49. The minimum Gasteiger partial charge on any atom is -0.472 e. The standard InChI is InChI=1S/C21H24N4O2/c1-3-24(4-2)18-7-5-17(6-8-18)21(26)25-12-10-19(15-25)27-20-13-16(14-22)9-11-23-20/h5-9,11,13,19H,3-4,10,12,15H2,1-2H3. The molecule has 0 bridgehead atoms. The van der Waals surface area contributed by atoms with Crippen LogP contribution < -0.4 is 9.64 Å². The van der Waals surface area contributed by atoms with Crippen LogP contribution in [-0.2, 0) is 0 Å². The number of aromatic nitrogens is 1. The van der Waals surface area contributed by atoms with E-state index in [0.29, 0.717) is 30.1 Å². The van der Waals surface area contributed by atoms with E-state index in [0.717, 1.165) is 25.2 Å². The lowest BCUT2D eigenvalue weighted by Crippen LogP contribution is -2.31. The van der Waals surface area contributed by atoms with E-state index in [-0.39, 0.29) is 12.0 Å². The maximum absolute atomic E-state index is 12.8. The molecule has 1 aromatic heterocycles. The van der Waals surface area contributed by atoms with Gasteiger partial charge in [-0.1, -0.05) is 0 Å². The van der Waals surface area contributed by atoms with E-state index < -0.39 is 0 Å². The molecule has 3 rings (SSSR count). The number of nitrogens with zero attached hydrogens (tertiary/aromatic N) is 4. The topological polar surface area (TPSA) is 69.5 Å². The molecule has 6 heteroatoms. The Morgan fingerprint density at radius 1 is 1.30 bits per heavy atom. The van der Waals surface area contributed by atoms with Crippen LogP contribution in [0.15, 0.2) is 42.6 Å². The molecule has 1 fully saturated rings. The van der Waals surface area contributed by atoms with Gasteiger partial charge in [-0.05, 0) is 44.2 Å². The molecule has 1 aromatic carbocycles. The first kappa shape index (κ1) is 18.7. The van der Waals surface area contributed by atoms with Gasteiger partial charge in [-0.2, -0.15) is 5.26 Å². The van der Waals surface area contributed by atoms with E-state index in [4.69, 9.17) is 10.00 Å². The Kier molecular flexibility index (Phi) is 5.92.